The van der Waals surface area contributed by atoms with Crippen LogP contribution in [0.25, 0.3) is 0 Å². The molecule has 0 amide bonds. The van der Waals surface area contributed by atoms with E-state index in [-0.39, 0.29) is 29.5 Å². The minimum Gasteiger partial charge on any atom is -0.478 e. The average Bonchev–Trinajstić information content (AvgIpc) is 2.69. The molecule has 4 N–H and O–H groups in total. The number of aromatic carboxylic acids is 1. The average molecular weight is 342 g/mol. The first kappa shape index (κ1) is 15.4. The number of carboxylic acid groups (broad SMARTS) is 1. The van der Waals surface area contributed by atoms with Crippen LogP contribution in [0.5, 0.6) is 0 Å². The van der Waals surface area contributed by atoms with E-state index in [4.69, 9.17) is 34.3 Å². The lowest BCUT2D eigenvalue weighted by Crippen LogP contribution is -2.49. The SMILES string of the molecule is N=C(N)N1[C@@H]2CC[C@H]1CC(c1c(Cl)cc(Cl)cc1C(=O)O)C2. The Morgan fingerprint density at radius 3 is 2.36 bits per heavy atom. The summed E-state index contributed by atoms with van der Waals surface area (Å²) in [5.74, 6) is -0.851. The van der Waals surface area contributed by atoms with Crippen molar-refractivity contribution < 1.29 is 9.90 Å². The Bertz CT molecular complexity index is 636. The number of halogens is 2. The van der Waals surface area contributed by atoms with Gasteiger partial charge in [0.2, 0.25) is 0 Å². The molecule has 0 saturated carbocycles. The molecule has 1 aromatic rings. The second-order valence-corrected chi connectivity index (χ2v) is 6.84. The molecule has 2 fully saturated rings. The van der Waals surface area contributed by atoms with Gasteiger partial charge in [0.1, 0.15) is 0 Å². The van der Waals surface area contributed by atoms with E-state index >= 15 is 0 Å². The van der Waals surface area contributed by atoms with Crippen LogP contribution in [0.3, 0.4) is 0 Å². The summed E-state index contributed by atoms with van der Waals surface area (Å²) in [5, 5.41) is 17.9. The number of nitrogens with zero attached hydrogens (tertiary/aromatic N) is 1. The first-order valence-electron chi connectivity index (χ1n) is 7.23. The summed E-state index contributed by atoms with van der Waals surface area (Å²) in [7, 11) is 0. The van der Waals surface area contributed by atoms with Gasteiger partial charge in [-0.1, -0.05) is 23.2 Å². The smallest absolute Gasteiger partial charge is 0.336 e. The van der Waals surface area contributed by atoms with Crippen molar-refractivity contribution in [3.8, 4) is 0 Å². The topological polar surface area (TPSA) is 90.4 Å². The number of guanidine groups is 1. The number of hydrogen-bond acceptors (Lipinski definition) is 2. The van der Waals surface area contributed by atoms with Gasteiger partial charge in [0.15, 0.2) is 5.96 Å². The third kappa shape index (κ3) is 2.52. The van der Waals surface area contributed by atoms with Crippen molar-refractivity contribution in [1.82, 2.24) is 4.90 Å². The zero-order chi connectivity index (χ0) is 16.0. The van der Waals surface area contributed by atoms with Crippen molar-refractivity contribution >= 4 is 35.1 Å². The van der Waals surface area contributed by atoms with Gasteiger partial charge in [-0.2, -0.15) is 0 Å². The van der Waals surface area contributed by atoms with Crippen molar-refractivity contribution in [2.45, 2.75) is 43.7 Å². The first-order valence-corrected chi connectivity index (χ1v) is 7.98. The maximum absolute atomic E-state index is 11.5. The second kappa shape index (κ2) is 5.63. The lowest BCUT2D eigenvalue weighted by Gasteiger charge is -2.40. The fourth-order valence-corrected chi connectivity index (χ4v) is 4.63. The summed E-state index contributed by atoms with van der Waals surface area (Å²) >= 11 is 12.2. The predicted molar refractivity (Wildman–Crippen MR) is 86.0 cm³/mol. The fourth-order valence-electron chi connectivity index (χ4n) is 3.98. The van der Waals surface area contributed by atoms with E-state index in [1.807, 2.05) is 4.90 Å². The van der Waals surface area contributed by atoms with E-state index < -0.39 is 5.97 Å². The van der Waals surface area contributed by atoms with Crippen molar-refractivity contribution in [2.75, 3.05) is 0 Å². The van der Waals surface area contributed by atoms with E-state index in [0.29, 0.717) is 15.6 Å². The molecule has 1 aromatic carbocycles. The third-order valence-corrected chi connectivity index (χ3v) is 5.28. The summed E-state index contributed by atoms with van der Waals surface area (Å²) in [6, 6.07) is 3.44. The number of carboxylic acids is 1. The molecule has 0 aromatic heterocycles. The lowest BCUT2D eigenvalue weighted by atomic mass is 9.83. The van der Waals surface area contributed by atoms with E-state index in [1.54, 1.807) is 6.07 Å². The Balaban J connectivity index is 1.97. The van der Waals surface area contributed by atoms with Crippen LogP contribution in [-0.4, -0.2) is 34.0 Å². The minimum absolute atomic E-state index is 0.0592. The minimum atomic E-state index is -1.01. The quantitative estimate of drug-likeness (QED) is 0.568. The molecule has 2 bridgehead atoms. The molecule has 3 atom stereocenters. The number of benzene rings is 1. The van der Waals surface area contributed by atoms with Gasteiger partial charge in [0, 0.05) is 22.1 Å². The highest BCUT2D eigenvalue weighted by molar-refractivity contribution is 6.35. The van der Waals surface area contributed by atoms with Crippen LogP contribution in [0.1, 0.15) is 47.5 Å². The maximum Gasteiger partial charge on any atom is 0.336 e. The van der Waals surface area contributed by atoms with Crippen LogP contribution >= 0.6 is 23.2 Å². The Morgan fingerprint density at radius 1 is 1.27 bits per heavy atom. The van der Waals surface area contributed by atoms with E-state index in [1.165, 1.54) is 6.07 Å². The summed E-state index contributed by atoms with van der Waals surface area (Å²) in [4.78, 5) is 13.5. The maximum atomic E-state index is 11.5. The highest BCUT2D eigenvalue weighted by Crippen LogP contribution is 2.45. The van der Waals surface area contributed by atoms with E-state index in [9.17, 15) is 9.90 Å². The zero-order valence-corrected chi connectivity index (χ0v) is 13.4. The molecular weight excluding hydrogens is 325 g/mol. The largest absolute Gasteiger partial charge is 0.478 e. The van der Waals surface area contributed by atoms with Crippen LogP contribution in [0.4, 0.5) is 0 Å². The van der Waals surface area contributed by atoms with E-state index in [0.717, 1.165) is 25.7 Å². The second-order valence-electron chi connectivity index (χ2n) is 6.00. The molecule has 3 rings (SSSR count). The van der Waals surface area contributed by atoms with Gasteiger partial charge in [-0.15, -0.1) is 0 Å². The monoisotopic (exact) mass is 341 g/mol. The number of piperidine rings is 1. The highest BCUT2D eigenvalue weighted by atomic mass is 35.5. The standard InChI is InChI=1S/C15H17Cl2N3O2/c16-8-5-11(14(21)22)13(12(17)6-8)7-3-9-1-2-10(4-7)20(9)15(18)19/h5-7,9-10H,1-4H2,(H3,18,19)(H,21,22)/t7?,9-,10+. The molecule has 2 aliphatic heterocycles. The zero-order valence-electron chi connectivity index (χ0n) is 11.9. The van der Waals surface area contributed by atoms with Crippen LogP contribution in [-0.2, 0) is 0 Å². The third-order valence-electron chi connectivity index (χ3n) is 4.74. The molecule has 2 heterocycles. The van der Waals surface area contributed by atoms with Crippen molar-refractivity contribution in [3.05, 3.63) is 33.3 Å². The van der Waals surface area contributed by atoms with Crippen molar-refractivity contribution in [1.29, 1.82) is 5.41 Å². The molecule has 7 heteroatoms. The molecule has 118 valence electrons. The van der Waals surface area contributed by atoms with Gasteiger partial charge < -0.3 is 15.7 Å². The summed E-state index contributed by atoms with van der Waals surface area (Å²) in [5.41, 5.74) is 6.52. The summed E-state index contributed by atoms with van der Waals surface area (Å²) in [6.07, 6.45) is 3.48. The van der Waals surface area contributed by atoms with Crippen molar-refractivity contribution in [3.63, 3.8) is 0 Å². The Labute approximate surface area is 138 Å². The molecule has 1 unspecified atom stereocenters. The van der Waals surface area contributed by atoms with Gasteiger partial charge in [-0.05, 0) is 49.3 Å². The lowest BCUT2D eigenvalue weighted by molar-refractivity contribution is 0.0693. The van der Waals surface area contributed by atoms with Crippen LogP contribution in [0, 0.1) is 5.41 Å². The first-order chi connectivity index (χ1) is 10.4. The Hall–Kier alpha value is -1.46. The Kier molecular flexibility index (Phi) is 3.95. The van der Waals surface area contributed by atoms with Crippen LogP contribution in [0.2, 0.25) is 10.0 Å². The van der Waals surface area contributed by atoms with Gasteiger partial charge in [-0.25, -0.2) is 4.79 Å². The van der Waals surface area contributed by atoms with Gasteiger partial charge in [0.25, 0.3) is 0 Å². The van der Waals surface area contributed by atoms with E-state index in [2.05, 4.69) is 0 Å². The highest BCUT2D eigenvalue weighted by Gasteiger charge is 2.43. The number of fused-ring (bicyclic) bond motifs is 2. The molecular formula is C15H17Cl2N3O2. The Morgan fingerprint density at radius 2 is 1.86 bits per heavy atom. The molecule has 2 saturated heterocycles. The molecule has 2 aliphatic rings. The normalized spacial score (nSPS) is 27.0. The summed E-state index contributed by atoms with van der Waals surface area (Å²) < 4.78 is 0. The molecule has 5 nitrogen and oxygen atoms in total. The van der Waals surface area contributed by atoms with Gasteiger partial charge in [0.05, 0.1) is 5.56 Å². The number of carbonyl (C=O) groups is 1. The van der Waals surface area contributed by atoms with Crippen LogP contribution < -0.4 is 5.73 Å². The van der Waals surface area contributed by atoms with Gasteiger partial charge in [-0.3, -0.25) is 5.41 Å². The summed E-state index contributed by atoms with van der Waals surface area (Å²) in [6.45, 7) is 0. The molecule has 0 spiro atoms. The molecule has 0 aliphatic carbocycles. The number of hydrogen-bond donors (Lipinski definition) is 3. The van der Waals surface area contributed by atoms with Gasteiger partial charge >= 0.3 is 5.97 Å². The van der Waals surface area contributed by atoms with Crippen molar-refractivity contribution in [2.24, 2.45) is 5.73 Å². The fraction of sp³-hybridized carbons (Fsp3) is 0.467. The van der Waals surface area contributed by atoms with Crippen LogP contribution in [0.15, 0.2) is 12.1 Å². The molecule has 22 heavy (non-hydrogen) atoms. The number of rotatable bonds is 2. The molecule has 0 radical (unpaired) electrons. The number of nitrogens with one attached hydrogen (secondary N) is 1. The number of nitrogens with two attached hydrogens (primary N) is 1. The predicted octanol–water partition coefficient (Wildman–Crippen LogP) is 3.30.